The van der Waals surface area contributed by atoms with Gasteiger partial charge in [0.05, 0.1) is 0 Å². The van der Waals surface area contributed by atoms with E-state index in [1.807, 2.05) is 6.92 Å². The quantitative estimate of drug-likeness (QED) is 0.436. The molecular formula is C11H22Cl2O. The van der Waals surface area contributed by atoms with Crippen LogP contribution in [0.5, 0.6) is 0 Å². The van der Waals surface area contributed by atoms with Crippen molar-refractivity contribution in [3.05, 3.63) is 0 Å². The van der Waals surface area contributed by atoms with Crippen molar-refractivity contribution in [2.45, 2.75) is 39.5 Å². The highest BCUT2D eigenvalue weighted by Gasteiger charge is 2.26. The summed E-state index contributed by atoms with van der Waals surface area (Å²) in [5, 5.41) is 0. The molecule has 0 rings (SSSR count). The molecule has 0 aliphatic heterocycles. The maximum atomic E-state index is 5.99. The fraction of sp³-hybridized carbons (Fsp3) is 1.00. The molecule has 0 atom stereocenters. The number of halogens is 2. The lowest BCUT2D eigenvalue weighted by Gasteiger charge is -2.29. The van der Waals surface area contributed by atoms with Crippen molar-refractivity contribution >= 4 is 23.2 Å². The topological polar surface area (TPSA) is 9.23 Å². The summed E-state index contributed by atoms with van der Waals surface area (Å²) in [5.74, 6) is 1.33. The molecular weight excluding hydrogens is 219 g/mol. The molecule has 0 bridgehead atoms. The van der Waals surface area contributed by atoms with Gasteiger partial charge < -0.3 is 4.74 Å². The van der Waals surface area contributed by atoms with Crippen molar-refractivity contribution in [2.75, 3.05) is 25.0 Å². The van der Waals surface area contributed by atoms with Crippen LogP contribution in [0.1, 0.15) is 39.5 Å². The number of alkyl halides is 2. The molecule has 0 unspecified atom stereocenters. The Morgan fingerprint density at radius 3 is 2.14 bits per heavy atom. The van der Waals surface area contributed by atoms with Crippen molar-refractivity contribution in [1.29, 1.82) is 0 Å². The van der Waals surface area contributed by atoms with E-state index < -0.39 is 0 Å². The second-order valence-corrected chi connectivity index (χ2v) is 4.35. The van der Waals surface area contributed by atoms with Gasteiger partial charge in [0.2, 0.25) is 0 Å². The minimum atomic E-state index is 0.134. The molecule has 0 aromatic heterocycles. The van der Waals surface area contributed by atoms with Gasteiger partial charge in [-0.05, 0) is 31.6 Å². The molecule has 0 saturated carbocycles. The van der Waals surface area contributed by atoms with Crippen molar-refractivity contribution in [3.8, 4) is 0 Å². The maximum Gasteiger partial charge on any atom is 0.0466 e. The van der Waals surface area contributed by atoms with E-state index in [1.165, 1.54) is 0 Å². The predicted octanol–water partition coefficient (Wildman–Crippen LogP) is 4.07. The van der Waals surface area contributed by atoms with Gasteiger partial charge in [-0.15, -0.1) is 23.2 Å². The van der Waals surface area contributed by atoms with Crippen LogP contribution in [0.15, 0.2) is 0 Å². The van der Waals surface area contributed by atoms with E-state index in [0.717, 1.165) is 38.9 Å². The zero-order chi connectivity index (χ0) is 10.9. The van der Waals surface area contributed by atoms with Crippen LogP contribution in [0, 0.1) is 5.41 Å². The number of hydrogen-bond donors (Lipinski definition) is 0. The summed E-state index contributed by atoms with van der Waals surface area (Å²) in [6.07, 6.45) is 4.40. The van der Waals surface area contributed by atoms with Gasteiger partial charge in [0.1, 0.15) is 0 Å². The van der Waals surface area contributed by atoms with Gasteiger partial charge in [0, 0.05) is 25.0 Å². The molecule has 3 heteroatoms. The Bertz CT molecular complexity index is 124. The second kappa shape index (κ2) is 8.82. The number of hydrogen-bond acceptors (Lipinski definition) is 1. The molecule has 0 aromatic rings. The lowest BCUT2D eigenvalue weighted by Crippen LogP contribution is -2.25. The van der Waals surface area contributed by atoms with Gasteiger partial charge in [-0.25, -0.2) is 0 Å². The minimum Gasteiger partial charge on any atom is -0.382 e. The third-order valence-electron chi connectivity index (χ3n) is 2.55. The zero-order valence-electron chi connectivity index (χ0n) is 9.32. The summed E-state index contributed by atoms with van der Waals surface area (Å²) in [5.41, 5.74) is 0.134. The summed E-state index contributed by atoms with van der Waals surface area (Å²) in [7, 11) is 0. The number of rotatable bonds is 9. The highest BCUT2D eigenvalue weighted by molar-refractivity contribution is 6.21. The Labute approximate surface area is 98.1 Å². The SMILES string of the molecule is CCCC(CCl)(CCl)CCCOCC. The molecule has 0 aliphatic rings. The predicted molar refractivity (Wildman–Crippen MR) is 64.5 cm³/mol. The van der Waals surface area contributed by atoms with Crippen molar-refractivity contribution in [1.82, 2.24) is 0 Å². The third-order valence-corrected chi connectivity index (χ3v) is 3.68. The first-order chi connectivity index (χ1) is 6.74. The van der Waals surface area contributed by atoms with Gasteiger partial charge >= 0.3 is 0 Å². The molecule has 0 fully saturated rings. The van der Waals surface area contributed by atoms with Crippen molar-refractivity contribution in [2.24, 2.45) is 5.41 Å². The average Bonchev–Trinajstić information content (AvgIpc) is 2.23. The molecule has 0 amide bonds. The highest BCUT2D eigenvalue weighted by atomic mass is 35.5. The van der Waals surface area contributed by atoms with Crippen LogP contribution in [0.4, 0.5) is 0 Å². The molecule has 0 aromatic carbocycles. The Kier molecular flexibility index (Phi) is 9.16. The summed E-state index contributed by atoms with van der Waals surface area (Å²) >= 11 is 12.0. The first-order valence-electron chi connectivity index (χ1n) is 5.44. The van der Waals surface area contributed by atoms with E-state index in [0.29, 0.717) is 11.8 Å². The fourth-order valence-electron chi connectivity index (χ4n) is 1.65. The van der Waals surface area contributed by atoms with Gasteiger partial charge in [-0.1, -0.05) is 13.3 Å². The van der Waals surface area contributed by atoms with E-state index in [4.69, 9.17) is 27.9 Å². The Morgan fingerprint density at radius 2 is 1.71 bits per heavy atom. The second-order valence-electron chi connectivity index (χ2n) is 3.82. The third kappa shape index (κ3) is 5.43. The largest absolute Gasteiger partial charge is 0.382 e. The molecule has 0 radical (unpaired) electrons. The monoisotopic (exact) mass is 240 g/mol. The summed E-state index contributed by atoms with van der Waals surface area (Å²) in [4.78, 5) is 0. The first kappa shape index (κ1) is 14.5. The number of ether oxygens (including phenoxy) is 1. The molecule has 14 heavy (non-hydrogen) atoms. The molecule has 86 valence electrons. The summed E-state index contributed by atoms with van der Waals surface area (Å²) < 4.78 is 5.31. The van der Waals surface area contributed by atoms with Crippen LogP contribution in [0.25, 0.3) is 0 Å². The minimum absolute atomic E-state index is 0.134. The fourth-order valence-corrected chi connectivity index (χ4v) is 2.47. The molecule has 0 heterocycles. The van der Waals surface area contributed by atoms with E-state index in [-0.39, 0.29) is 5.41 Å². The maximum absolute atomic E-state index is 5.99. The Balaban J connectivity index is 3.82. The van der Waals surface area contributed by atoms with Crippen LogP contribution in [0.3, 0.4) is 0 Å². The van der Waals surface area contributed by atoms with E-state index in [1.54, 1.807) is 0 Å². The van der Waals surface area contributed by atoms with Crippen molar-refractivity contribution < 1.29 is 4.74 Å². The lowest BCUT2D eigenvalue weighted by atomic mass is 9.83. The van der Waals surface area contributed by atoms with Crippen LogP contribution in [-0.4, -0.2) is 25.0 Å². The van der Waals surface area contributed by atoms with Crippen LogP contribution < -0.4 is 0 Å². The Morgan fingerprint density at radius 1 is 1.07 bits per heavy atom. The van der Waals surface area contributed by atoms with Gasteiger partial charge in [0.25, 0.3) is 0 Å². The van der Waals surface area contributed by atoms with E-state index in [2.05, 4.69) is 6.92 Å². The van der Waals surface area contributed by atoms with Crippen LogP contribution in [-0.2, 0) is 4.74 Å². The van der Waals surface area contributed by atoms with E-state index >= 15 is 0 Å². The van der Waals surface area contributed by atoms with Gasteiger partial charge in [0.15, 0.2) is 0 Å². The zero-order valence-corrected chi connectivity index (χ0v) is 10.8. The molecule has 0 saturated heterocycles. The lowest BCUT2D eigenvalue weighted by molar-refractivity contribution is 0.132. The van der Waals surface area contributed by atoms with Crippen LogP contribution >= 0.6 is 23.2 Å². The van der Waals surface area contributed by atoms with Crippen LogP contribution in [0.2, 0.25) is 0 Å². The normalized spacial score (nSPS) is 12.0. The molecule has 0 N–H and O–H groups in total. The van der Waals surface area contributed by atoms with E-state index in [9.17, 15) is 0 Å². The van der Waals surface area contributed by atoms with Gasteiger partial charge in [-0.3, -0.25) is 0 Å². The molecule has 0 aliphatic carbocycles. The van der Waals surface area contributed by atoms with Crippen molar-refractivity contribution in [3.63, 3.8) is 0 Å². The smallest absolute Gasteiger partial charge is 0.0466 e. The summed E-state index contributed by atoms with van der Waals surface area (Å²) in [6, 6.07) is 0. The molecule has 0 spiro atoms. The van der Waals surface area contributed by atoms with Gasteiger partial charge in [-0.2, -0.15) is 0 Å². The average molecular weight is 241 g/mol. The standard InChI is InChI=1S/C11H22Cl2O/c1-3-6-11(9-12,10-13)7-5-8-14-4-2/h3-10H2,1-2H3. The highest BCUT2D eigenvalue weighted by Crippen LogP contribution is 2.32. The summed E-state index contributed by atoms with van der Waals surface area (Å²) in [6.45, 7) is 5.82. The Hall–Kier alpha value is 0.540. The molecule has 1 nitrogen and oxygen atoms in total. The first-order valence-corrected chi connectivity index (χ1v) is 6.51.